The molecule has 3 atom stereocenters. The Kier molecular flexibility index (Phi) is 2.06. The molecule has 1 amide bonds. The van der Waals surface area contributed by atoms with Gasteiger partial charge in [0.25, 0.3) is 0 Å². The summed E-state index contributed by atoms with van der Waals surface area (Å²) in [5.41, 5.74) is -0.605. The van der Waals surface area contributed by atoms with Crippen molar-refractivity contribution in [1.82, 2.24) is 5.32 Å². The fourth-order valence-electron chi connectivity index (χ4n) is 2.81. The third-order valence-corrected chi connectivity index (χ3v) is 3.57. The molecule has 1 heterocycles. The Balaban J connectivity index is 2.11. The van der Waals surface area contributed by atoms with Gasteiger partial charge in [-0.2, -0.15) is 0 Å². The molecule has 2 aliphatic rings. The quantitative estimate of drug-likeness (QED) is 0.628. The van der Waals surface area contributed by atoms with Crippen LogP contribution >= 0.6 is 0 Å². The highest BCUT2D eigenvalue weighted by atomic mass is 16.3. The third-order valence-electron chi connectivity index (χ3n) is 3.57. The normalized spacial score (nSPS) is 45.2. The van der Waals surface area contributed by atoms with E-state index >= 15 is 0 Å². The van der Waals surface area contributed by atoms with Crippen LogP contribution in [0.15, 0.2) is 0 Å². The molecule has 1 saturated carbocycles. The third kappa shape index (κ3) is 1.46. The van der Waals surface area contributed by atoms with Crippen LogP contribution in [0.3, 0.4) is 0 Å². The van der Waals surface area contributed by atoms with Gasteiger partial charge in [0.05, 0.1) is 5.60 Å². The van der Waals surface area contributed by atoms with Crippen LogP contribution in [0.2, 0.25) is 0 Å². The molecule has 0 spiro atoms. The first-order chi connectivity index (χ1) is 6.11. The van der Waals surface area contributed by atoms with Gasteiger partial charge in [-0.05, 0) is 32.1 Å². The van der Waals surface area contributed by atoms with Crippen LogP contribution in [0.4, 0.5) is 0 Å². The van der Waals surface area contributed by atoms with Gasteiger partial charge in [0, 0.05) is 12.5 Å². The second-order valence-corrected chi connectivity index (χ2v) is 4.54. The summed E-state index contributed by atoms with van der Waals surface area (Å²) >= 11 is 0. The standard InChI is InChI=1S/C10H17NO2/c1-10(13)5-2-3-8(10)7-4-6-11-9(7)12/h7-8,13H,2-6H2,1H3,(H,11,12). The minimum atomic E-state index is -0.605. The summed E-state index contributed by atoms with van der Waals surface area (Å²) < 4.78 is 0. The molecular weight excluding hydrogens is 166 g/mol. The van der Waals surface area contributed by atoms with Crippen molar-refractivity contribution < 1.29 is 9.90 Å². The Bertz CT molecular complexity index is 225. The number of hydrogen-bond donors (Lipinski definition) is 2. The largest absolute Gasteiger partial charge is 0.390 e. The van der Waals surface area contributed by atoms with E-state index in [4.69, 9.17) is 0 Å². The van der Waals surface area contributed by atoms with Gasteiger partial charge in [0.15, 0.2) is 0 Å². The lowest BCUT2D eigenvalue weighted by Crippen LogP contribution is -2.37. The van der Waals surface area contributed by atoms with Crippen LogP contribution in [-0.2, 0) is 4.79 Å². The molecule has 2 fully saturated rings. The molecule has 74 valence electrons. The fourth-order valence-corrected chi connectivity index (χ4v) is 2.81. The van der Waals surface area contributed by atoms with Crippen molar-refractivity contribution in [1.29, 1.82) is 0 Å². The molecule has 0 aromatic rings. The lowest BCUT2D eigenvalue weighted by atomic mass is 9.81. The molecule has 3 heteroatoms. The van der Waals surface area contributed by atoms with Crippen LogP contribution < -0.4 is 5.32 Å². The molecule has 0 aromatic carbocycles. The maximum Gasteiger partial charge on any atom is 0.223 e. The summed E-state index contributed by atoms with van der Waals surface area (Å²) in [6.07, 6.45) is 3.81. The van der Waals surface area contributed by atoms with E-state index in [0.717, 1.165) is 32.2 Å². The van der Waals surface area contributed by atoms with Gasteiger partial charge >= 0.3 is 0 Å². The highest BCUT2D eigenvalue weighted by Gasteiger charge is 2.45. The maximum absolute atomic E-state index is 11.4. The summed E-state index contributed by atoms with van der Waals surface area (Å²) in [4.78, 5) is 11.4. The zero-order valence-corrected chi connectivity index (χ0v) is 8.05. The lowest BCUT2D eigenvalue weighted by molar-refractivity contribution is -0.126. The molecule has 13 heavy (non-hydrogen) atoms. The lowest BCUT2D eigenvalue weighted by Gasteiger charge is -2.28. The van der Waals surface area contributed by atoms with Crippen molar-refractivity contribution in [3.05, 3.63) is 0 Å². The molecule has 1 aliphatic carbocycles. The molecule has 0 radical (unpaired) electrons. The SMILES string of the molecule is CC1(O)CCCC1C1CCNC1=O. The molecule has 0 bridgehead atoms. The molecule has 3 nitrogen and oxygen atoms in total. The van der Waals surface area contributed by atoms with Gasteiger partial charge in [-0.25, -0.2) is 0 Å². The smallest absolute Gasteiger partial charge is 0.223 e. The van der Waals surface area contributed by atoms with Crippen LogP contribution in [0, 0.1) is 11.8 Å². The topological polar surface area (TPSA) is 49.3 Å². The zero-order chi connectivity index (χ0) is 9.47. The number of rotatable bonds is 1. The Morgan fingerprint density at radius 3 is 2.77 bits per heavy atom. The van der Waals surface area contributed by atoms with Gasteiger partial charge in [0.2, 0.25) is 5.91 Å². The number of amides is 1. The van der Waals surface area contributed by atoms with E-state index in [2.05, 4.69) is 5.32 Å². The van der Waals surface area contributed by atoms with Crippen molar-refractivity contribution >= 4 is 5.91 Å². The highest BCUT2D eigenvalue weighted by Crippen LogP contribution is 2.42. The van der Waals surface area contributed by atoms with Crippen molar-refractivity contribution in [3.8, 4) is 0 Å². The molecule has 1 saturated heterocycles. The second kappa shape index (κ2) is 2.98. The number of aliphatic hydroxyl groups is 1. The summed E-state index contributed by atoms with van der Waals surface area (Å²) in [5.74, 6) is 0.402. The molecule has 0 aromatic heterocycles. The van der Waals surface area contributed by atoms with Crippen LogP contribution in [0.1, 0.15) is 32.6 Å². The van der Waals surface area contributed by atoms with Crippen molar-refractivity contribution in [2.24, 2.45) is 11.8 Å². The zero-order valence-electron chi connectivity index (χ0n) is 8.05. The average molecular weight is 183 g/mol. The molecule has 2 N–H and O–H groups in total. The van der Waals surface area contributed by atoms with Gasteiger partial charge < -0.3 is 10.4 Å². The van der Waals surface area contributed by atoms with Gasteiger partial charge in [-0.3, -0.25) is 4.79 Å². The van der Waals surface area contributed by atoms with E-state index in [1.54, 1.807) is 0 Å². The highest BCUT2D eigenvalue weighted by molar-refractivity contribution is 5.81. The van der Waals surface area contributed by atoms with Crippen molar-refractivity contribution in [3.63, 3.8) is 0 Å². The monoisotopic (exact) mass is 183 g/mol. The van der Waals surface area contributed by atoms with E-state index in [1.807, 2.05) is 6.92 Å². The number of hydrogen-bond acceptors (Lipinski definition) is 2. The molecule has 2 rings (SSSR count). The number of carbonyl (C=O) groups excluding carboxylic acids is 1. The summed E-state index contributed by atoms with van der Waals surface area (Å²) in [7, 11) is 0. The Morgan fingerprint density at radius 1 is 1.54 bits per heavy atom. The van der Waals surface area contributed by atoms with E-state index in [0.29, 0.717) is 0 Å². The van der Waals surface area contributed by atoms with Crippen molar-refractivity contribution in [2.75, 3.05) is 6.54 Å². The van der Waals surface area contributed by atoms with Gasteiger partial charge in [-0.15, -0.1) is 0 Å². The molecule has 1 aliphatic heterocycles. The fraction of sp³-hybridized carbons (Fsp3) is 0.900. The van der Waals surface area contributed by atoms with E-state index in [-0.39, 0.29) is 17.7 Å². The minimum absolute atomic E-state index is 0.0671. The van der Waals surface area contributed by atoms with Gasteiger partial charge in [-0.1, -0.05) is 6.42 Å². The first kappa shape index (κ1) is 9.00. The first-order valence-electron chi connectivity index (χ1n) is 5.11. The van der Waals surface area contributed by atoms with Crippen LogP contribution in [-0.4, -0.2) is 23.2 Å². The predicted molar refractivity (Wildman–Crippen MR) is 49.1 cm³/mol. The Hall–Kier alpha value is -0.570. The molecule has 3 unspecified atom stereocenters. The van der Waals surface area contributed by atoms with E-state index < -0.39 is 5.60 Å². The Labute approximate surface area is 78.5 Å². The average Bonchev–Trinajstić information content (AvgIpc) is 2.56. The summed E-state index contributed by atoms with van der Waals surface area (Å²) in [6.45, 7) is 2.66. The van der Waals surface area contributed by atoms with Crippen molar-refractivity contribution in [2.45, 2.75) is 38.2 Å². The second-order valence-electron chi connectivity index (χ2n) is 4.54. The summed E-state index contributed by atoms with van der Waals surface area (Å²) in [5, 5.41) is 12.9. The number of nitrogens with one attached hydrogen (secondary N) is 1. The van der Waals surface area contributed by atoms with E-state index in [9.17, 15) is 9.90 Å². The van der Waals surface area contributed by atoms with Gasteiger partial charge in [0.1, 0.15) is 0 Å². The van der Waals surface area contributed by atoms with Crippen LogP contribution in [0.25, 0.3) is 0 Å². The first-order valence-corrected chi connectivity index (χ1v) is 5.11. The maximum atomic E-state index is 11.4. The summed E-state index contributed by atoms with van der Waals surface area (Å²) in [6, 6.07) is 0. The molecular formula is C10H17NO2. The Morgan fingerprint density at radius 2 is 2.31 bits per heavy atom. The predicted octanol–water partition coefficient (Wildman–Crippen LogP) is 0.674. The number of carbonyl (C=O) groups is 1. The van der Waals surface area contributed by atoms with Crippen LogP contribution in [0.5, 0.6) is 0 Å². The minimum Gasteiger partial charge on any atom is -0.390 e. The van der Waals surface area contributed by atoms with E-state index in [1.165, 1.54) is 0 Å².